The summed E-state index contributed by atoms with van der Waals surface area (Å²) >= 11 is 3.34. The molecule has 2 saturated carbocycles. The van der Waals surface area contributed by atoms with E-state index in [-0.39, 0.29) is 30.5 Å². The molecular formula is C42H62BBrN6O8. The molecule has 2 aromatic heterocycles. The van der Waals surface area contributed by atoms with Crippen molar-refractivity contribution in [2.45, 2.75) is 142 Å². The lowest BCUT2D eigenvalue weighted by Crippen LogP contribution is -2.41. The zero-order valence-corrected chi connectivity index (χ0v) is 37.4. The summed E-state index contributed by atoms with van der Waals surface area (Å²) in [5.74, 6) is 2.54. The van der Waals surface area contributed by atoms with Crippen LogP contribution in [0.3, 0.4) is 0 Å². The van der Waals surface area contributed by atoms with Crippen molar-refractivity contribution >= 4 is 52.4 Å². The summed E-state index contributed by atoms with van der Waals surface area (Å²) in [6, 6.07) is 3.52. The van der Waals surface area contributed by atoms with Gasteiger partial charge in [-0.1, -0.05) is 12.2 Å². The van der Waals surface area contributed by atoms with E-state index in [0.29, 0.717) is 50.0 Å². The number of carbonyl (C=O) groups is 2. The Hall–Kier alpha value is -4.02. The van der Waals surface area contributed by atoms with Gasteiger partial charge in [-0.2, -0.15) is 0 Å². The van der Waals surface area contributed by atoms with Gasteiger partial charge in [0.2, 0.25) is 0 Å². The quantitative estimate of drug-likeness (QED) is 0.266. The Balaban J connectivity index is 0.000000174. The first-order valence-electron chi connectivity index (χ1n) is 20.2. The summed E-state index contributed by atoms with van der Waals surface area (Å²) in [5.41, 5.74) is 12.9. The largest absolute Gasteiger partial charge is 0.490 e. The number of hydrogen-bond acceptors (Lipinski definition) is 12. The van der Waals surface area contributed by atoms with Crippen LogP contribution in [0.15, 0.2) is 46.6 Å². The SMILES string of the molecule is CC(C)(C)OC(=O)N1CC=C(B2OC(C)(C)C(C)(C)O2)CC1.CC(C)(C)OC(=O)N1CC=C(c2cnc(N)cc2OC2CC2)CC1.Nc1cc(OC2CC2)c(Br)cn1. The van der Waals surface area contributed by atoms with Crippen molar-refractivity contribution in [1.82, 2.24) is 19.8 Å². The zero-order valence-electron chi connectivity index (χ0n) is 35.9. The number of anilines is 2. The Morgan fingerprint density at radius 3 is 1.67 bits per heavy atom. The minimum Gasteiger partial charge on any atom is -0.490 e. The molecule has 16 heteroatoms. The molecule has 2 aliphatic carbocycles. The third-order valence-electron chi connectivity index (χ3n) is 10.0. The average Bonchev–Trinajstić information content (AvgIpc) is 4.06. The fourth-order valence-electron chi connectivity index (χ4n) is 5.84. The third-order valence-corrected chi connectivity index (χ3v) is 10.6. The smallest absolute Gasteiger partial charge is 0.490 e. The van der Waals surface area contributed by atoms with Crippen molar-refractivity contribution < 1.29 is 37.8 Å². The maximum atomic E-state index is 12.1. The van der Waals surface area contributed by atoms with E-state index in [4.69, 9.17) is 39.7 Å². The monoisotopic (exact) mass is 868 g/mol. The van der Waals surface area contributed by atoms with Gasteiger partial charge in [0.25, 0.3) is 0 Å². The number of aromatic nitrogens is 2. The summed E-state index contributed by atoms with van der Waals surface area (Å²) in [7, 11) is -0.314. The highest BCUT2D eigenvalue weighted by Crippen LogP contribution is 2.40. The highest BCUT2D eigenvalue weighted by atomic mass is 79.9. The Bertz CT molecular complexity index is 1840. The molecule has 0 aromatic carbocycles. The van der Waals surface area contributed by atoms with E-state index in [2.05, 4.69) is 25.9 Å². The van der Waals surface area contributed by atoms with E-state index in [9.17, 15) is 9.59 Å². The van der Waals surface area contributed by atoms with Gasteiger partial charge in [0.05, 0.1) is 27.9 Å². The number of amides is 2. The molecule has 0 bridgehead atoms. The van der Waals surface area contributed by atoms with Crippen LogP contribution >= 0.6 is 15.9 Å². The Morgan fingerprint density at radius 1 is 0.759 bits per heavy atom. The van der Waals surface area contributed by atoms with Crippen LogP contribution in [0.25, 0.3) is 5.57 Å². The van der Waals surface area contributed by atoms with Crippen LogP contribution in [-0.2, 0) is 18.8 Å². The van der Waals surface area contributed by atoms with Crippen molar-refractivity contribution in [3.63, 3.8) is 0 Å². The van der Waals surface area contributed by atoms with Crippen LogP contribution < -0.4 is 20.9 Å². The number of ether oxygens (including phenoxy) is 4. The minimum absolute atomic E-state index is 0.267. The summed E-state index contributed by atoms with van der Waals surface area (Å²) in [6.07, 6.45) is 13.6. The van der Waals surface area contributed by atoms with Crippen molar-refractivity contribution in [2.24, 2.45) is 0 Å². The van der Waals surface area contributed by atoms with Gasteiger partial charge in [-0.3, -0.25) is 0 Å². The lowest BCUT2D eigenvalue weighted by atomic mass is 9.75. The molecule has 0 radical (unpaired) electrons. The normalized spacial score (nSPS) is 20.0. The molecule has 5 heterocycles. The van der Waals surface area contributed by atoms with E-state index >= 15 is 0 Å². The zero-order chi connectivity index (χ0) is 42.6. The van der Waals surface area contributed by atoms with Crippen LogP contribution in [0.4, 0.5) is 21.2 Å². The van der Waals surface area contributed by atoms with Crippen molar-refractivity contribution in [3.05, 3.63) is 52.2 Å². The Labute approximate surface area is 352 Å². The average molecular weight is 870 g/mol. The second-order valence-electron chi connectivity index (χ2n) is 18.2. The van der Waals surface area contributed by atoms with Gasteiger partial charge in [0.1, 0.15) is 34.3 Å². The molecule has 5 aliphatic rings. The first kappa shape index (κ1) is 45.1. The molecule has 4 N–H and O–H groups in total. The lowest BCUT2D eigenvalue weighted by molar-refractivity contribution is 0.00578. The number of carbonyl (C=O) groups excluding carboxylic acids is 2. The molecule has 2 amide bonds. The highest BCUT2D eigenvalue weighted by molar-refractivity contribution is 9.10. The van der Waals surface area contributed by atoms with Crippen molar-refractivity contribution in [1.29, 1.82) is 0 Å². The van der Waals surface area contributed by atoms with Gasteiger partial charge >= 0.3 is 19.3 Å². The number of rotatable bonds is 6. The fraction of sp³-hybridized carbons (Fsp3) is 0.619. The van der Waals surface area contributed by atoms with Crippen LogP contribution in [-0.4, -0.2) is 99.9 Å². The topological polar surface area (TPSA) is 174 Å². The molecule has 58 heavy (non-hydrogen) atoms. The Kier molecular flexibility index (Phi) is 14.1. The first-order valence-corrected chi connectivity index (χ1v) is 21.0. The molecule has 1 saturated heterocycles. The summed E-state index contributed by atoms with van der Waals surface area (Å²) in [6.45, 7) is 21.7. The Morgan fingerprint density at radius 2 is 1.22 bits per heavy atom. The number of nitrogens with zero attached hydrogens (tertiary/aromatic N) is 4. The highest BCUT2D eigenvalue weighted by Gasteiger charge is 2.52. The molecule has 14 nitrogen and oxygen atoms in total. The summed E-state index contributed by atoms with van der Waals surface area (Å²) < 4.78 is 35.3. The lowest BCUT2D eigenvalue weighted by Gasteiger charge is -2.32. The van der Waals surface area contributed by atoms with Gasteiger partial charge in [0.15, 0.2) is 0 Å². The fourth-order valence-corrected chi connectivity index (χ4v) is 6.15. The van der Waals surface area contributed by atoms with E-state index in [0.717, 1.165) is 71.1 Å². The van der Waals surface area contributed by atoms with Gasteiger partial charge in [-0.15, -0.1) is 0 Å². The van der Waals surface area contributed by atoms with Gasteiger partial charge in [-0.25, -0.2) is 19.6 Å². The van der Waals surface area contributed by atoms with Gasteiger partial charge < -0.3 is 49.5 Å². The van der Waals surface area contributed by atoms with Crippen LogP contribution in [0.2, 0.25) is 0 Å². The number of pyridine rings is 2. The van der Waals surface area contributed by atoms with E-state index in [1.54, 1.807) is 34.3 Å². The van der Waals surface area contributed by atoms with Crippen LogP contribution in [0, 0.1) is 0 Å². The van der Waals surface area contributed by atoms with E-state index in [1.807, 2.05) is 81.4 Å². The maximum Gasteiger partial charge on any atom is 0.490 e. The van der Waals surface area contributed by atoms with E-state index in [1.165, 1.54) is 0 Å². The molecule has 318 valence electrons. The molecule has 3 fully saturated rings. The van der Waals surface area contributed by atoms with Gasteiger partial charge in [-0.05, 0) is 135 Å². The van der Waals surface area contributed by atoms with Crippen molar-refractivity contribution in [3.8, 4) is 11.5 Å². The van der Waals surface area contributed by atoms with E-state index < -0.39 is 11.2 Å². The van der Waals surface area contributed by atoms with Crippen LogP contribution in [0.1, 0.15) is 113 Å². The maximum absolute atomic E-state index is 12.1. The number of hydrogen-bond donors (Lipinski definition) is 2. The van der Waals surface area contributed by atoms with Crippen LogP contribution in [0.5, 0.6) is 11.5 Å². The molecule has 7 rings (SSSR count). The predicted octanol–water partition coefficient (Wildman–Crippen LogP) is 8.38. The van der Waals surface area contributed by atoms with Gasteiger partial charge in [0, 0.05) is 56.3 Å². The molecule has 0 unspecified atom stereocenters. The number of halogens is 1. The second-order valence-corrected chi connectivity index (χ2v) is 19.1. The number of nitrogens with two attached hydrogens (primary N) is 2. The standard InChI is InChI=1S/C18H25N3O3.C16H28BNO4.C8H9BrN2O/c1-18(2,3)24-17(22)21-8-6-12(7-9-21)14-11-20-16(19)10-15(14)23-13-4-5-13;1-14(2,3)20-13(19)18-10-8-12(9-11-18)17-21-15(4,5)16(6,7)22-17;9-6-4-11-8(10)3-7(6)12-5-1-2-5/h6,10-11,13H,4-5,7-9H2,1-3H3,(H2,19,20);8H,9-11H2,1-7H3;3-5H,1-2H2,(H2,10,11). The number of nitrogen functional groups attached to an aromatic ring is 2. The molecule has 2 aromatic rings. The minimum atomic E-state index is -0.479. The predicted molar refractivity (Wildman–Crippen MR) is 229 cm³/mol. The molecule has 0 atom stereocenters. The molecule has 3 aliphatic heterocycles. The van der Waals surface area contributed by atoms with Crippen molar-refractivity contribution in [2.75, 3.05) is 37.6 Å². The molecule has 0 spiro atoms. The summed E-state index contributed by atoms with van der Waals surface area (Å²) in [4.78, 5) is 35.7. The molecular weight excluding hydrogens is 807 g/mol. The summed E-state index contributed by atoms with van der Waals surface area (Å²) in [5, 5.41) is 0. The second kappa shape index (κ2) is 18.1. The first-order chi connectivity index (χ1) is 27.0. The third kappa shape index (κ3) is 13.3.